The molecule has 1 aromatic heterocycles. The lowest BCUT2D eigenvalue weighted by Crippen LogP contribution is -2.26. The van der Waals surface area contributed by atoms with E-state index >= 15 is 0 Å². The molecular weight excluding hydrogens is 358 g/mol. The van der Waals surface area contributed by atoms with Gasteiger partial charge in [-0.2, -0.15) is 0 Å². The van der Waals surface area contributed by atoms with Gasteiger partial charge in [0.15, 0.2) is 0 Å². The van der Waals surface area contributed by atoms with E-state index < -0.39 is 0 Å². The predicted octanol–water partition coefficient (Wildman–Crippen LogP) is 4.36. The summed E-state index contributed by atoms with van der Waals surface area (Å²) in [6.07, 6.45) is 4.53. The molecule has 1 aliphatic heterocycles. The third-order valence-corrected chi connectivity index (χ3v) is 5.18. The first-order valence-electron chi connectivity index (χ1n) is 9.73. The maximum absolute atomic E-state index is 12.7. The molecule has 0 aliphatic carbocycles. The molecule has 0 spiro atoms. The summed E-state index contributed by atoms with van der Waals surface area (Å²) < 4.78 is 0. The zero-order valence-corrected chi connectivity index (χ0v) is 16.7. The van der Waals surface area contributed by atoms with Gasteiger partial charge in [0.2, 0.25) is 0 Å². The summed E-state index contributed by atoms with van der Waals surface area (Å²) in [5.74, 6) is 2.98. The van der Waals surface area contributed by atoms with Gasteiger partial charge < -0.3 is 9.80 Å². The van der Waals surface area contributed by atoms with E-state index in [4.69, 9.17) is 0 Å². The summed E-state index contributed by atoms with van der Waals surface area (Å²) in [7, 11) is 1.81. The molecule has 1 aliphatic rings. The number of rotatable bonds is 4. The SMILES string of the molecule is CC#CN1CCc2cc(-c3ccc(C(=O)N(C)Cc4cccnc4)cc3)ccc21. The molecular formula is C25H23N3O. The molecule has 144 valence electrons. The van der Waals surface area contributed by atoms with Gasteiger partial charge in [-0.1, -0.05) is 30.2 Å². The summed E-state index contributed by atoms with van der Waals surface area (Å²) in [6.45, 7) is 3.34. The highest BCUT2D eigenvalue weighted by Gasteiger charge is 2.18. The Bertz CT molecular complexity index is 1080. The third kappa shape index (κ3) is 4.00. The third-order valence-electron chi connectivity index (χ3n) is 5.18. The minimum atomic E-state index is 0.00291. The fourth-order valence-corrected chi connectivity index (χ4v) is 3.70. The fraction of sp³-hybridized carbons (Fsp3) is 0.200. The fourth-order valence-electron chi connectivity index (χ4n) is 3.70. The molecule has 0 bridgehead atoms. The highest BCUT2D eigenvalue weighted by Crippen LogP contribution is 2.32. The number of hydrogen-bond donors (Lipinski definition) is 0. The van der Waals surface area contributed by atoms with E-state index in [1.807, 2.05) is 50.4 Å². The number of carbonyl (C=O) groups excluding carboxylic acids is 1. The van der Waals surface area contributed by atoms with Crippen LogP contribution in [0.4, 0.5) is 5.69 Å². The van der Waals surface area contributed by atoms with Gasteiger partial charge in [-0.15, -0.1) is 0 Å². The molecule has 3 aromatic rings. The minimum Gasteiger partial charge on any atom is -0.337 e. The Kier molecular flexibility index (Phi) is 5.31. The molecule has 1 amide bonds. The minimum absolute atomic E-state index is 0.00291. The molecule has 0 N–H and O–H groups in total. The molecule has 29 heavy (non-hydrogen) atoms. The van der Waals surface area contributed by atoms with E-state index in [9.17, 15) is 4.79 Å². The zero-order chi connectivity index (χ0) is 20.2. The molecule has 0 fully saturated rings. The van der Waals surface area contributed by atoms with Crippen molar-refractivity contribution in [2.45, 2.75) is 19.9 Å². The Balaban J connectivity index is 1.49. The maximum Gasteiger partial charge on any atom is 0.253 e. The van der Waals surface area contributed by atoms with Crippen molar-refractivity contribution in [3.8, 4) is 23.1 Å². The van der Waals surface area contributed by atoms with Crippen LogP contribution in [-0.4, -0.2) is 29.4 Å². The monoisotopic (exact) mass is 381 g/mol. The van der Waals surface area contributed by atoms with Gasteiger partial charge in [0, 0.05) is 44.1 Å². The van der Waals surface area contributed by atoms with Crippen molar-refractivity contribution in [1.29, 1.82) is 0 Å². The summed E-state index contributed by atoms with van der Waals surface area (Å²) in [4.78, 5) is 20.7. The highest BCUT2D eigenvalue weighted by molar-refractivity contribution is 5.94. The van der Waals surface area contributed by atoms with Crippen LogP contribution in [-0.2, 0) is 13.0 Å². The number of carbonyl (C=O) groups is 1. The second-order valence-electron chi connectivity index (χ2n) is 7.21. The van der Waals surface area contributed by atoms with Crippen LogP contribution < -0.4 is 4.90 Å². The summed E-state index contributed by atoms with van der Waals surface area (Å²) in [5, 5.41) is 0. The number of pyridine rings is 1. The molecule has 0 atom stereocenters. The standard InChI is InChI=1S/C25H23N3O/c1-3-14-28-15-12-23-16-22(10-11-24(23)28)20-6-8-21(9-7-20)25(29)27(2)18-19-5-4-13-26-17-19/h4-11,13,16-17H,12,15,18H2,1-2H3. The van der Waals surface area contributed by atoms with Gasteiger partial charge in [-0.05, 0) is 65.9 Å². The molecule has 2 aromatic carbocycles. The van der Waals surface area contributed by atoms with Gasteiger partial charge in [-0.25, -0.2) is 0 Å². The summed E-state index contributed by atoms with van der Waals surface area (Å²) in [5.41, 5.74) is 6.50. The largest absolute Gasteiger partial charge is 0.337 e. The van der Waals surface area contributed by atoms with Crippen LogP contribution in [0, 0.1) is 12.0 Å². The number of aromatic nitrogens is 1. The number of anilines is 1. The lowest BCUT2D eigenvalue weighted by Gasteiger charge is -2.17. The quantitative estimate of drug-likeness (QED) is 0.630. The average Bonchev–Trinajstić information content (AvgIpc) is 3.16. The number of nitrogens with zero attached hydrogens (tertiary/aromatic N) is 3. The van der Waals surface area contributed by atoms with Crippen molar-refractivity contribution >= 4 is 11.6 Å². The normalized spacial score (nSPS) is 12.1. The van der Waals surface area contributed by atoms with Gasteiger partial charge >= 0.3 is 0 Å². The van der Waals surface area contributed by atoms with Crippen molar-refractivity contribution in [3.63, 3.8) is 0 Å². The van der Waals surface area contributed by atoms with Crippen molar-refractivity contribution in [3.05, 3.63) is 83.7 Å². The van der Waals surface area contributed by atoms with E-state index in [0.29, 0.717) is 12.1 Å². The molecule has 0 radical (unpaired) electrons. The molecule has 0 saturated heterocycles. The Morgan fingerprint density at radius 1 is 1.14 bits per heavy atom. The summed E-state index contributed by atoms with van der Waals surface area (Å²) >= 11 is 0. The van der Waals surface area contributed by atoms with Crippen molar-refractivity contribution < 1.29 is 4.79 Å². The van der Waals surface area contributed by atoms with Crippen LogP contribution in [0.3, 0.4) is 0 Å². The first kappa shape index (κ1) is 18.8. The van der Waals surface area contributed by atoms with E-state index in [1.165, 1.54) is 11.3 Å². The lowest BCUT2D eigenvalue weighted by molar-refractivity contribution is 0.0785. The second-order valence-corrected chi connectivity index (χ2v) is 7.21. The molecule has 2 heterocycles. The lowest BCUT2D eigenvalue weighted by atomic mass is 10.0. The first-order chi connectivity index (χ1) is 14.2. The number of fused-ring (bicyclic) bond motifs is 1. The number of amides is 1. The topological polar surface area (TPSA) is 36.4 Å². The van der Waals surface area contributed by atoms with Crippen LogP contribution in [0.15, 0.2) is 67.0 Å². The first-order valence-corrected chi connectivity index (χ1v) is 9.73. The van der Waals surface area contributed by atoms with Gasteiger partial charge in [0.1, 0.15) is 0 Å². The van der Waals surface area contributed by atoms with Crippen LogP contribution in [0.2, 0.25) is 0 Å². The van der Waals surface area contributed by atoms with Gasteiger partial charge in [0.25, 0.3) is 5.91 Å². The Morgan fingerprint density at radius 3 is 2.66 bits per heavy atom. The average molecular weight is 381 g/mol. The Hall–Kier alpha value is -3.58. The van der Waals surface area contributed by atoms with Crippen molar-refractivity contribution in [2.75, 3.05) is 18.5 Å². The smallest absolute Gasteiger partial charge is 0.253 e. The van der Waals surface area contributed by atoms with E-state index in [1.54, 1.807) is 17.3 Å². The van der Waals surface area contributed by atoms with Crippen molar-refractivity contribution in [1.82, 2.24) is 9.88 Å². The molecule has 4 heteroatoms. The van der Waals surface area contributed by atoms with Crippen LogP contribution >= 0.6 is 0 Å². The van der Waals surface area contributed by atoms with E-state index in [2.05, 4.69) is 40.0 Å². The molecule has 4 nitrogen and oxygen atoms in total. The van der Waals surface area contributed by atoms with Crippen LogP contribution in [0.1, 0.15) is 28.4 Å². The van der Waals surface area contributed by atoms with Crippen LogP contribution in [0.25, 0.3) is 11.1 Å². The molecule has 0 unspecified atom stereocenters. The number of hydrogen-bond acceptors (Lipinski definition) is 3. The number of benzene rings is 2. The van der Waals surface area contributed by atoms with Crippen LogP contribution in [0.5, 0.6) is 0 Å². The van der Waals surface area contributed by atoms with Gasteiger partial charge in [-0.3, -0.25) is 9.78 Å². The second kappa shape index (κ2) is 8.20. The summed E-state index contributed by atoms with van der Waals surface area (Å²) in [6, 6.07) is 21.3. The van der Waals surface area contributed by atoms with E-state index in [0.717, 1.165) is 29.7 Å². The highest BCUT2D eigenvalue weighted by atomic mass is 16.2. The maximum atomic E-state index is 12.7. The Labute approximate surface area is 171 Å². The predicted molar refractivity (Wildman–Crippen MR) is 116 cm³/mol. The van der Waals surface area contributed by atoms with Crippen molar-refractivity contribution in [2.24, 2.45) is 0 Å². The zero-order valence-electron chi connectivity index (χ0n) is 16.7. The Morgan fingerprint density at radius 2 is 1.93 bits per heavy atom. The molecule has 0 saturated carbocycles. The molecule has 4 rings (SSSR count). The van der Waals surface area contributed by atoms with Gasteiger partial charge in [0.05, 0.1) is 5.69 Å². The van der Waals surface area contributed by atoms with E-state index in [-0.39, 0.29) is 5.91 Å².